The molecule has 3 aromatic heterocycles. The molecule has 3 heterocycles. The molecule has 38 heavy (non-hydrogen) atoms. The summed E-state index contributed by atoms with van der Waals surface area (Å²) in [6.07, 6.45) is 6.98. The van der Waals surface area contributed by atoms with Gasteiger partial charge in [0.25, 0.3) is 0 Å². The summed E-state index contributed by atoms with van der Waals surface area (Å²) in [5.74, 6) is 2.24. The molecule has 0 bridgehead atoms. The number of methoxy groups -OCH3 is 1. The normalized spacial score (nSPS) is 19.0. The van der Waals surface area contributed by atoms with Gasteiger partial charge in [0.05, 0.1) is 18.8 Å². The molecule has 5 rings (SSSR count). The second kappa shape index (κ2) is 11.0. The Hall–Kier alpha value is -2.95. The predicted molar refractivity (Wildman–Crippen MR) is 151 cm³/mol. The maximum absolute atomic E-state index is 12.8. The Balaban J connectivity index is 1.48. The van der Waals surface area contributed by atoms with Crippen LogP contribution in [0.2, 0.25) is 25.7 Å². The van der Waals surface area contributed by atoms with E-state index >= 15 is 0 Å². The van der Waals surface area contributed by atoms with E-state index in [1.54, 1.807) is 13.3 Å². The predicted octanol–water partition coefficient (Wildman–Crippen LogP) is 4.75. The second-order valence-electron chi connectivity index (χ2n) is 11.6. The number of rotatable bonds is 13. The van der Waals surface area contributed by atoms with Crippen molar-refractivity contribution < 1.29 is 19.0 Å². The molecular formula is C28H39N5O4Si. The molecule has 9 nitrogen and oxygen atoms in total. The van der Waals surface area contributed by atoms with Crippen LogP contribution < -0.4 is 20.1 Å². The smallest absolute Gasteiger partial charge is 0.228 e. The highest BCUT2D eigenvalue weighted by atomic mass is 28.3. The van der Waals surface area contributed by atoms with E-state index in [0.717, 1.165) is 59.8 Å². The number of carbonyl (C=O) groups excluding carboxylic acids is 1. The third kappa shape index (κ3) is 6.19. The molecule has 1 amide bonds. The number of amides is 1. The largest absolute Gasteiger partial charge is 0.490 e. The summed E-state index contributed by atoms with van der Waals surface area (Å²) in [5.41, 5.74) is 2.45. The molecule has 2 saturated carbocycles. The Morgan fingerprint density at radius 2 is 2.03 bits per heavy atom. The van der Waals surface area contributed by atoms with Gasteiger partial charge in [0.2, 0.25) is 11.8 Å². The fourth-order valence-corrected chi connectivity index (χ4v) is 5.40. The van der Waals surface area contributed by atoms with Gasteiger partial charge >= 0.3 is 0 Å². The summed E-state index contributed by atoms with van der Waals surface area (Å²) in [7, 11) is 2.32. The summed E-state index contributed by atoms with van der Waals surface area (Å²) in [4.78, 5) is 22.1. The number of hydrogen-bond acceptors (Lipinski definition) is 7. The minimum atomic E-state index is -1.21. The number of anilines is 1. The molecule has 2 fully saturated rings. The van der Waals surface area contributed by atoms with Crippen LogP contribution >= 0.6 is 0 Å². The van der Waals surface area contributed by atoms with E-state index in [0.29, 0.717) is 31.0 Å². The molecule has 0 spiro atoms. The van der Waals surface area contributed by atoms with E-state index in [2.05, 4.69) is 35.3 Å². The Morgan fingerprint density at radius 1 is 1.21 bits per heavy atom. The number of pyridine rings is 2. The zero-order valence-corrected chi connectivity index (χ0v) is 24.0. The van der Waals surface area contributed by atoms with Crippen LogP contribution in [0.5, 0.6) is 11.6 Å². The molecular weight excluding hydrogens is 498 g/mol. The maximum Gasteiger partial charge on any atom is 0.228 e. The van der Waals surface area contributed by atoms with Crippen LogP contribution in [0.3, 0.4) is 0 Å². The minimum Gasteiger partial charge on any atom is -0.490 e. The first-order chi connectivity index (χ1) is 18.3. The van der Waals surface area contributed by atoms with E-state index in [-0.39, 0.29) is 17.9 Å². The first kappa shape index (κ1) is 26.6. The van der Waals surface area contributed by atoms with Gasteiger partial charge < -0.3 is 29.4 Å². The number of fused-ring (bicyclic) bond motifs is 1. The third-order valence-corrected chi connectivity index (χ3v) is 8.79. The summed E-state index contributed by atoms with van der Waals surface area (Å²) in [6.45, 7) is 8.93. The first-order valence-electron chi connectivity index (χ1n) is 13.5. The van der Waals surface area contributed by atoms with Gasteiger partial charge in [-0.05, 0) is 63.0 Å². The van der Waals surface area contributed by atoms with Gasteiger partial charge in [-0.3, -0.25) is 4.79 Å². The van der Waals surface area contributed by atoms with Crippen LogP contribution in [0.1, 0.15) is 19.3 Å². The van der Waals surface area contributed by atoms with Crippen molar-refractivity contribution in [3.05, 3.63) is 30.6 Å². The van der Waals surface area contributed by atoms with Crippen LogP contribution in [-0.4, -0.2) is 61.9 Å². The van der Waals surface area contributed by atoms with E-state index in [4.69, 9.17) is 19.2 Å². The average molecular weight is 538 g/mol. The lowest BCUT2D eigenvalue weighted by Crippen LogP contribution is -2.22. The first-order valence-corrected chi connectivity index (χ1v) is 17.2. The molecule has 3 aromatic rings. The van der Waals surface area contributed by atoms with Gasteiger partial charge in [0.15, 0.2) is 0 Å². The zero-order chi connectivity index (χ0) is 26.9. The molecule has 2 N–H and O–H groups in total. The number of nitrogens with zero attached hydrogens (tertiary/aromatic N) is 3. The van der Waals surface area contributed by atoms with Crippen molar-refractivity contribution in [2.24, 2.45) is 11.8 Å². The molecule has 204 valence electrons. The summed E-state index contributed by atoms with van der Waals surface area (Å²) >= 11 is 0. The SMILES string of the molecule is CNC[C@@H]1C[C@H]1C(=O)Nc1ccc2c(-c3c(OC4CC4)ccnc3OC)cn(COCC[Si](C)(C)C)c2n1. The minimum absolute atomic E-state index is 0.0239. The number of ether oxygens (including phenoxy) is 3. The van der Waals surface area contributed by atoms with Crippen molar-refractivity contribution >= 4 is 30.8 Å². The van der Waals surface area contributed by atoms with E-state index in [1.807, 2.05) is 36.0 Å². The summed E-state index contributed by atoms with van der Waals surface area (Å²) < 4.78 is 20.0. The molecule has 0 unspecified atom stereocenters. The Morgan fingerprint density at radius 3 is 2.74 bits per heavy atom. The highest BCUT2D eigenvalue weighted by molar-refractivity contribution is 6.76. The van der Waals surface area contributed by atoms with Crippen LogP contribution in [0.4, 0.5) is 5.82 Å². The number of nitrogens with one attached hydrogen (secondary N) is 2. The van der Waals surface area contributed by atoms with E-state index in [1.165, 1.54) is 0 Å². The fraction of sp³-hybridized carbons (Fsp3) is 0.536. The van der Waals surface area contributed by atoms with Crippen molar-refractivity contribution in [3.63, 3.8) is 0 Å². The highest BCUT2D eigenvalue weighted by Crippen LogP contribution is 2.43. The van der Waals surface area contributed by atoms with Gasteiger partial charge in [-0.1, -0.05) is 19.6 Å². The molecule has 2 atom stereocenters. The maximum atomic E-state index is 12.8. The van der Waals surface area contributed by atoms with Gasteiger partial charge in [-0.2, -0.15) is 0 Å². The Kier molecular flexibility index (Phi) is 7.74. The van der Waals surface area contributed by atoms with Crippen molar-refractivity contribution in [3.8, 4) is 22.8 Å². The molecule has 0 aliphatic heterocycles. The average Bonchev–Trinajstić information content (AvgIpc) is 3.80. The Labute approximate surface area is 225 Å². The third-order valence-electron chi connectivity index (χ3n) is 7.08. The lowest BCUT2D eigenvalue weighted by atomic mass is 10.1. The second-order valence-corrected chi connectivity index (χ2v) is 17.2. The molecule has 2 aliphatic carbocycles. The molecule has 10 heteroatoms. The van der Waals surface area contributed by atoms with Gasteiger partial charge in [-0.25, -0.2) is 9.97 Å². The van der Waals surface area contributed by atoms with E-state index in [9.17, 15) is 4.79 Å². The number of hydrogen-bond donors (Lipinski definition) is 2. The van der Waals surface area contributed by atoms with Crippen LogP contribution in [0, 0.1) is 11.8 Å². The summed E-state index contributed by atoms with van der Waals surface area (Å²) in [6, 6.07) is 6.83. The van der Waals surface area contributed by atoms with Gasteiger partial charge in [-0.15, -0.1) is 0 Å². The molecule has 2 aliphatic rings. The number of aromatic nitrogens is 3. The van der Waals surface area contributed by atoms with Crippen LogP contribution in [0.15, 0.2) is 30.6 Å². The fourth-order valence-electron chi connectivity index (χ4n) is 4.64. The van der Waals surface area contributed by atoms with Crippen molar-refractivity contribution in [1.82, 2.24) is 19.9 Å². The number of carbonyl (C=O) groups is 1. The summed E-state index contributed by atoms with van der Waals surface area (Å²) in [5, 5.41) is 7.10. The Bertz CT molecular complexity index is 1300. The standard InChI is InChI=1S/C28H39N5O4Si/c1-29-15-18-14-21(18)27(34)32-24-9-8-20-22(16-33(26(20)31-24)17-36-12-13-38(3,4)5)25-23(37-19-6-7-19)10-11-30-28(25)35-2/h8-11,16,18-19,21,29H,6-7,12-15,17H2,1-5H3,(H,31,32,34)/t18-,21+/m0/s1. The lowest BCUT2D eigenvalue weighted by Gasteiger charge is -2.15. The van der Waals surface area contributed by atoms with Gasteiger partial charge in [0.1, 0.15) is 23.9 Å². The van der Waals surface area contributed by atoms with Crippen LogP contribution in [0.25, 0.3) is 22.2 Å². The molecule has 0 saturated heterocycles. The van der Waals surface area contributed by atoms with Crippen LogP contribution in [-0.2, 0) is 16.3 Å². The molecule has 0 radical (unpaired) electrons. The topological polar surface area (TPSA) is 99.5 Å². The molecule has 0 aromatic carbocycles. The lowest BCUT2D eigenvalue weighted by molar-refractivity contribution is -0.117. The highest BCUT2D eigenvalue weighted by Gasteiger charge is 2.42. The monoisotopic (exact) mass is 537 g/mol. The van der Waals surface area contributed by atoms with Crippen molar-refractivity contribution in [1.29, 1.82) is 0 Å². The zero-order valence-electron chi connectivity index (χ0n) is 23.0. The van der Waals surface area contributed by atoms with E-state index < -0.39 is 8.07 Å². The quantitative estimate of drug-likeness (QED) is 0.240. The van der Waals surface area contributed by atoms with Crippen molar-refractivity contribution in [2.45, 2.75) is 57.8 Å². The van der Waals surface area contributed by atoms with Crippen molar-refractivity contribution in [2.75, 3.05) is 32.6 Å². The van der Waals surface area contributed by atoms with Gasteiger partial charge in [0, 0.05) is 43.9 Å².